The highest BCUT2D eigenvalue weighted by atomic mass is 16.2. The van der Waals surface area contributed by atoms with Crippen molar-refractivity contribution < 1.29 is 4.79 Å². The first kappa shape index (κ1) is 13.8. The number of amides is 1. The first-order valence-corrected chi connectivity index (χ1v) is 6.55. The summed E-state index contributed by atoms with van der Waals surface area (Å²) in [5.74, 6) is 0.143. The van der Waals surface area contributed by atoms with E-state index < -0.39 is 0 Å². The fraction of sp³-hybridized carbons (Fsp3) is 0.533. The quantitative estimate of drug-likeness (QED) is 0.728. The van der Waals surface area contributed by atoms with E-state index in [0.717, 1.165) is 31.4 Å². The maximum Gasteiger partial charge on any atom is 0.254 e. The summed E-state index contributed by atoms with van der Waals surface area (Å²) in [6.07, 6.45) is 13.1. The van der Waals surface area contributed by atoms with Gasteiger partial charge in [-0.25, -0.2) is 0 Å². The summed E-state index contributed by atoms with van der Waals surface area (Å²) in [7, 11) is 0. The van der Waals surface area contributed by atoms with E-state index in [1.807, 2.05) is 30.1 Å². The van der Waals surface area contributed by atoms with Crippen LogP contribution in [-0.4, -0.2) is 23.4 Å². The van der Waals surface area contributed by atoms with Gasteiger partial charge >= 0.3 is 0 Å². The van der Waals surface area contributed by atoms with Crippen molar-refractivity contribution in [1.82, 2.24) is 4.90 Å². The van der Waals surface area contributed by atoms with Gasteiger partial charge in [-0.3, -0.25) is 4.79 Å². The van der Waals surface area contributed by atoms with Gasteiger partial charge in [0.15, 0.2) is 0 Å². The molecule has 94 valence electrons. The minimum Gasteiger partial charge on any atom is -0.336 e. The van der Waals surface area contributed by atoms with Crippen molar-refractivity contribution >= 4 is 5.91 Å². The number of rotatable bonds is 4. The minimum atomic E-state index is 0.143. The molecule has 0 aromatic heterocycles. The lowest BCUT2D eigenvalue weighted by Gasteiger charge is -2.27. The molecule has 17 heavy (non-hydrogen) atoms. The first-order chi connectivity index (χ1) is 8.20. The highest BCUT2D eigenvalue weighted by Gasteiger charge is 2.18. The van der Waals surface area contributed by atoms with Crippen LogP contribution in [0.1, 0.15) is 40.0 Å². The van der Waals surface area contributed by atoms with Crippen molar-refractivity contribution in [3.63, 3.8) is 0 Å². The van der Waals surface area contributed by atoms with Crippen molar-refractivity contribution in [2.75, 3.05) is 6.54 Å². The lowest BCUT2D eigenvalue weighted by Crippen LogP contribution is -2.38. The van der Waals surface area contributed by atoms with Crippen LogP contribution in [0.4, 0.5) is 0 Å². The Morgan fingerprint density at radius 1 is 1.35 bits per heavy atom. The molecule has 2 nitrogen and oxygen atoms in total. The minimum absolute atomic E-state index is 0.143. The predicted octanol–water partition coefficient (Wildman–Crippen LogP) is 3.47. The van der Waals surface area contributed by atoms with E-state index in [-0.39, 0.29) is 5.91 Å². The zero-order chi connectivity index (χ0) is 12.7. The van der Waals surface area contributed by atoms with E-state index >= 15 is 0 Å². The van der Waals surface area contributed by atoms with Crippen molar-refractivity contribution in [2.45, 2.75) is 46.1 Å². The number of hydrogen-bond donors (Lipinski definition) is 0. The predicted molar refractivity (Wildman–Crippen MR) is 72.7 cm³/mol. The summed E-state index contributed by atoms with van der Waals surface area (Å²) in [4.78, 5) is 14.3. The standard InChI is InChI=1S/C15H23NO/c1-4-13(3)16(5-2)15(17)14-11-9-7-6-8-10-12-14/h7,9-13H,4-6,8H2,1-3H3/b9-7-,12-10?,14-11?. The van der Waals surface area contributed by atoms with Gasteiger partial charge in [0.2, 0.25) is 0 Å². The smallest absolute Gasteiger partial charge is 0.254 e. The Hall–Kier alpha value is -1.31. The van der Waals surface area contributed by atoms with Gasteiger partial charge in [-0.05, 0) is 39.2 Å². The first-order valence-electron chi connectivity index (χ1n) is 6.55. The lowest BCUT2D eigenvalue weighted by molar-refractivity contribution is -0.128. The van der Waals surface area contributed by atoms with Crippen LogP contribution in [0, 0.1) is 0 Å². The van der Waals surface area contributed by atoms with Crippen LogP contribution in [0.2, 0.25) is 0 Å². The molecule has 1 aliphatic carbocycles. The van der Waals surface area contributed by atoms with E-state index in [2.05, 4.69) is 26.0 Å². The Bertz CT molecular complexity index is 339. The van der Waals surface area contributed by atoms with Crippen LogP contribution in [0.15, 0.2) is 36.0 Å². The van der Waals surface area contributed by atoms with E-state index in [1.54, 1.807) is 0 Å². The molecular formula is C15H23NO. The Labute approximate surface area is 105 Å². The monoisotopic (exact) mass is 233 g/mol. The molecule has 1 amide bonds. The third-order valence-electron chi connectivity index (χ3n) is 3.18. The molecule has 0 spiro atoms. The molecular weight excluding hydrogens is 210 g/mol. The van der Waals surface area contributed by atoms with Crippen molar-refractivity contribution in [3.05, 3.63) is 36.0 Å². The summed E-state index contributed by atoms with van der Waals surface area (Å²) < 4.78 is 0. The van der Waals surface area contributed by atoms with Crippen molar-refractivity contribution in [1.29, 1.82) is 0 Å². The summed E-state index contributed by atoms with van der Waals surface area (Å²) in [5, 5.41) is 0. The zero-order valence-corrected chi connectivity index (χ0v) is 11.1. The molecule has 1 rings (SSSR count). The van der Waals surface area contributed by atoms with E-state index in [1.165, 1.54) is 0 Å². The number of carbonyl (C=O) groups is 1. The van der Waals surface area contributed by atoms with Crippen LogP contribution in [-0.2, 0) is 4.79 Å². The second-order valence-corrected chi connectivity index (χ2v) is 4.38. The molecule has 0 aliphatic heterocycles. The third kappa shape index (κ3) is 3.88. The maximum absolute atomic E-state index is 12.4. The maximum atomic E-state index is 12.4. The second-order valence-electron chi connectivity index (χ2n) is 4.38. The van der Waals surface area contributed by atoms with Gasteiger partial charge in [0, 0.05) is 18.2 Å². The molecule has 0 saturated heterocycles. The Kier molecular flexibility index (Phi) is 5.75. The Balaban J connectivity index is 2.85. The zero-order valence-electron chi connectivity index (χ0n) is 11.1. The summed E-state index contributed by atoms with van der Waals surface area (Å²) >= 11 is 0. The molecule has 0 heterocycles. The van der Waals surface area contributed by atoms with Gasteiger partial charge in [0.1, 0.15) is 0 Å². The van der Waals surface area contributed by atoms with E-state index in [0.29, 0.717) is 6.04 Å². The molecule has 1 atom stereocenters. The molecule has 0 bridgehead atoms. The average molecular weight is 233 g/mol. The molecule has 0 N–H and O–H groups in total. The fourth-order valence-electron chi connectivity index (χ4n) is 1.91. The van der Waals surface area contributed by atoms with Gasteiger partial charge in [-0.2, -0.15) is 0 Å². The van der Waals surface area contributed by atoms with Gasteiger partial charge in [0.05, 0.1) is 0 Å². The number of allylic oxidation sites excluding steroid dienone is 4. The van der Waals surface area contributed by atoms with Crippen LogP contribution in [0.5, 0.6) is 0 Å². The Morgan fingerprint density at radius 3 is 2.71 bits per heavy atom. The summed E-state index contributed by atoms with van der Waals surface area (Å²) in [6, 6.07) is 0.302. The molecule has 0 aromatic carbocycles. The van der Waals surface area contributed by atoms with Crippen LogP contribution >= 0.6 is 0 Å². The second kappa shape index (κ2) is 7.10. The normalized spacial score (nSPS) is 18.9. The number of carbonyl (C=O) groups excluding carboxylic acids is 1. The summed E-state index contributed by atoms with van der Waals surface area (Å²) in [5.41, 5.74) is 0.795. The van der Waals surface area contributed by atoms with E-state index in [9.17, 15) is 4.79 Å². The lowest BCUT2D eigenvalue weighted by atomic mass is 10.1. The number of nitrogens with zero attached hydrogens (tertiary/aromatic N) is 1. The molecule has 0 saturated carbocycles. The largest absolute Gasteiger partial charge is 0.336 e. The molecule has 0 aromatic rings. The SMILES string of the molecule is CCC(C)N(CC)C(=O)C1=C/C=C\CCC=C1. The summed E-state index contributed by atoms with van der Waals surface area (Å²) in [6.45, 7) is 7.02. The third-order valence-corrected chi connectivity index (χ3v) is 3.18. The van der Waals surface area contributed by atoms with Crippen molar-refractivity contribution in [3.8, 4) is 0 Å². The Morgan fingerprint density at radius 2 is 2.06 bits per heavy atom. The fourth-order valence-corrected chi connectivity index (χ4v) is 1.91. The number of likely N-dealkylation sites (N-methyl/N-ethyl adjacent to an activating group) is 1. The molecule has 0 radical (unpaired) electrons. The van der Waals surface area contributed by atoms with Crippen LogP contribution in [0.3, 0.4) is 0 Å². The van der Waals surface area contributed by atoms with Crippen LogP contribution in [0.25, 0.3) is 0 Å². The molecule has 2 heteroatoms. The molecule has 1 unspecified atom stereocenters. The van der Waals surface area contributed by atoms with Gasteiger partial charge < -0.3 is 4.90 Å². The average Bonchev–Trinajstić information content (AvgIpc) is 2.29. The van der Waals surface area contributed by atoms with Gasteiger partial charge in [-0.1, -0.05) is 31.2 Å². The van der Waals surface area contributed by atoms with Crippen LogP contribution < -0.4 is 0 Å². The highest BCUT2D eigenvalue weighted by Crippen LogP contribution is 2.12. The van der Waals surface area contributed by atoms with Crippen molar-refractivity contribution in [2.24, 2.45) is 0 Å². The number of hydrogen-bond acceptors (Lipinski definition) is 1. The van der Waals surface area contributed by atoms with Gasteiger partial charge in [-0.15, -0.1) is 0 Å². The van der Waals surface area contributed by atoms with Gasteiger partial charge in [0.25, 0.3) is 5.91 Å². The highest BCUT2D eigenvalue weighted by molar-refractivity contribution is 5.96. The van der Waals surface area contributed by atoms with E-state index in [4.69, 9.17) is 0 Å². The topological polar surface area (TPSA) is 20.3 Å². The molecule has 0 fully saturated rings. The molecule has 1 aliphatic rings.